The summed E-state index contributed by atoms with van der Waals surface area (Å²) in [6.07, 6.45) is 4.94. The third kappa shape index (κ3) is 3.70. The van der Waals surface area contributed by atoms with Crippen molar-refractivity contribution in [3.63, 3.8) is 0 Å². The van der Waals surface area contributed by atoms with Crippen molar-refractivity contribution < 1.29 is 9.53 Å². The Kier molecular flexibility index (Phi) is 4.82. The standard InChI is InChI=1S/C18H13BrN4O2/c1-25-16-5-3-14(4-6-16)22-18(24)12(9-20)8-15-10-21-17-7-2-13(19)11-23(15)17/h2-8,10-11H,1H3,(H,22,24). The molecule has 0 unspecified atom stereocenters. The van der Waals surface area contributed by atoms with E-state index in [2.05, 4.69) is 26.2 Å². The molecule has 3 aromatic rings. The van der Waals surface area contributed by atoms with Crippen molar-refractivity contribution in [2.45, 2.75) is 0 Å². The van der Waals surface area contributed by atoms with Gasteiger partial charge in [-0.15, -0.1) is 0 Å². The number of rotatable bonds is 4. The van der Waals surface area contributed by atoms with Crippen LogP contribution < -0.4 is 10.1 Å². The van der Waals surface area contributed by atoms with Crippen LogP contribution in [0.4, 0.5) is 5.69 Å². The maximum Gasteiger partial charge on any atom is 0.266 e. The predicted octanol–water partition coefficient (Wildman–Crippen LogP) is 3.65. The summed E-state index contributed by atoms with van der Waals surface area (Å²) < 4.78 is 7.74. The van der Waals surface area contributed by atoms with Crippen LogP contribution in [0.25, 0.3) is 11.7 Å². The minimum absolute atomic E-state index is 0.0161. The Labute approximate surface area is 152 Å². The normalized spacial score (nSPS) is 11.2. The third-order valence-electron chi connectivity index (χ3n) is 3.50. The summed E-state index contributed by atoms with van der Waals surface area (Å²) in [6, 6.07) is 12.5. The molecule has 0 aliphatic rings. The highest BCUT2D eigenvalue weighted by atomic mass is 79.9. The van der Waals surface area contributed by atoms with E-state index >= 15 is 0 Å². The molecule has 0 spiro atoms. The first-order valence-corrected chi connectivity index (χ1v) is 8.10. The molecule has 0 saturated carbocycles. The number of aromatic nitrogens is 2. The van der Waals surface area contributed by atoms with Crippen molar-refractivity contribution in [1.82, 2.24) is 9.38 Å². The molecule has 3 rings (SSSR count). The molecule has 7 heteroatoms. The molecule has 0 bridgehead atoms. The zero-order valence-electron chi connectivity index (χ0n) is 13.2. The maximum atomic E-state index is 12.4. The second-order valence-corrected chi connectivity index (χ2v) is 6.03. The molecule has 6 nitrogen and oxygen atoms in total. The van der Waals surface area contributed by atoms with E-state index in [1.165, 1.54) is 6.08 Å². The highest BCUT2D eigenvalue weighted by Crippen LogP contribution is 2.18. The van der Waals surface area contributed by atoms with Crippen molar-refractivity contribution in [2.24, 2.45) is 0 Å². The fraction of sp³-hybridized carbons (Fsp3) is 0.0556. The maximum absolute atomic E-state index is 12.4. The topological polar surface area (TPSA) is 79.4 Å². The molecule has 0 saturated heterocycles. The Morgan fingerprint density at radius 1 is 1.32 bits per heavy atom. The van der Waals surface area contributed by atoms with Crippen LogP contribution in [-0.2, 0) is 4.79 Å². The molecular formula is C18H13BrN4O2. The van der Waals surface area contributed by atoms with Gasteiger partial charge in [0, 0.05) is 16.4 Å². The molecule has 124 valence electrons. The number of pyridine rings is 1. The first kappa shape index (κ1) is 16.7. The molecule has 0 fully saturated rings. The van der Waals surface area contributed by atoms with Gasteiger partial charge in [-0.2, -0.15) is 5.26 Å². The van der Waals surface area contributed by atoms with Gasteiger partial charge in [0.2, 0.25) is 0 Å². The van der Waals surface area contributed by atoms with Gasteiger partial charge in [-0.05, 0) is 58.4 Å². The molecule has 0 aliphatic heterocycles. The number of imidazole rings is 1. The number of amides is 1. The number of nitriles is 1. The number of carbonyl (C=O) groups excluding carboxylic acids is 1. The number of methoxy groups -OCH3 is 1. The highest BCUT2D eigenvalue weighted by Gasteiger charge is 2.11. The number of anilines is 1. The van der Waals surface area contributed by atoms with Crippen LogP contribution in [0.2, 0.25) is 0 Å². The Bertz CT molecular complexity index is 1000. The van der Waals surface area contributed by atoms with Gasteiger partial charge >= 0.3 is 0 Å². The van der Waals surface area contributed by atoms with E-state index in [4.69, 9.17) is 4.74 Å². The molecular weight excluding hydrogens is 384 g/mol. The lowest BCUT2D eigenvalue weighted by atomic mass is 10.2. The number of nitrogens with one attached hydrogen (secondary N) is 1. The van der Waals surface area contributed by atoms with Crippen molar-refractivity contribution in [3.8, 4) is 11.8 Å². The Morgan fingerprint density at radius 2 is 2.08 bits per heavy atom. The second-order valence-electron chi connectivity index (χ2n) is 5.11. The van der Waals surface area contributed by atoms with Gasteiger partial charge < -0.3 is 10.1 Å². The van der Waals surface area contributed by atoms with E-state index in [0.29, 0.717) is 17.1 Å². The summed E-state index contributed by atoms with van der Waals surface area (Å²) in [4.78, 5) is 16.6. The zero-order valence-corrected chi connectivity index (χ0v) is 14.8. The molecule has 2 aromatic heterocycles. The number of hydrogen-bond donors (Lipinski definition) is 1. The van der Waals surface area contributed by atoms with Crippen LogP contribution in [0.3, 0.4) is 0 Å². The first-order valence-electron chi connectivity index (χ1n) is 7.30. The monoisotopic (exact) mass is 396 g/mol. The lowest BCUT2D eigenvalue weighted by Gasteiger charge is -2.05. The molecule has 2 heterocycles. The van der Waals surface area contributed by atoms with Gasteiger partial charge in [-0.25, -0.2) is 4.98 Å². The van der Waals surface area contributed by atoms with Gasteiger partial charge in [0.15, 0.2) is 0 Å². The number of nitrogens with zero attached hydrogens (tertiary/aromatic N) is 3. The number of benzene rings is 1. The lowest BCUT2D eigenvalue weighted by molar-refractivity contribution is -0.112. The Balaban J connectivity index is 1.87. The summed E-state index contributed by atoms with van der Waals surface area (Å²) in [5.41, 5.74) is 1.92. The van der Waals surface area contributed by atoms with Crippen molar-refractivity contribution >= 4 is 39.2 Å². The van der Waals surface area contributed by atoms with Crippen molar-refractivity contribution in [3.05, 3.63) is 64.5 Å². The smallest absolute Gasteiger partial charge is 0.266 e. The van der Waals surface area contributed by atoms with E-state index in [9.17, 15) is 10.1 Å². The summed E-state index contributed by atoms with van der Waals surface area (Å²) in [7, 11) is 1.57. The average Bonchev–Trinajstić information content (AvgIpc) is 3.02. The second kappa shape index (κ2) is 7.20. The Morgan fingerprint density at radius 3 is 2.76 bits per heavy atom. The van der Waals surface area contributed by atoms with Gasteiger partial charge in [-0.1, -0.05) is 0 Å². The third-order valence-corrected chi connectivity index (χ3v) is 3.97. The molecule has 0 atom stereocenters. The van der Waals surface area contributed by atoms with Crippen molar-refractivity contribution in [1.29, 1.82) is 5.26 Å². The van der Waals surface area contributed by atoms with E-state index in [-0.39, 0.29) is 5.57 Å². The van der Waals surface area contributed by atoms with Gasteiger partial charge in [-0.3, -0.25) is 9.20 Å². The Hall–Kier alpha value is -3.11. The highest BCUT2D eigenvalue weighted by molar-refractivity contribution is 9.10. The van der Waals surface area contributed by atoms with Crippen LogP contribution >= 0.6 is 15.9 Å². The molecule has 0 aliphatic carbocycles. The molecule has 0 radical (unpaired) electrons. The number of fused-ring (bicyclic) bond motifs is 1. The number of carbonyl (C=O) groups is 1. The van der Waals surface area contributed by atoms with Gasteiger partial charge in [0.25, 0.3) is 5.91 Å². The van der Waals surface area contributed by atoms with Crippen molar-refractivity contribution in [2.75, 3.05) is 12.4 Å². The predicted molar refractivity (Wildman–Crippen MR) is 98.1 cm³/mol. The van der Waals surface area contributed by atoms with Crippen LogP contribution in [0.15, 0.2) is 58.8 Å². The van der Waals surface area contributed by atoms with Crippen LogP contribution in [-0.4, -0.2) is 22.4 Å². The first-order chi connectivity index (χ1) is 12.1. The fourth-order valence-electron chi connectivity index (χ4n) is 2.25. The summed E-state index contributed by atoms with van der Waals surface area (Å²) in [5, 5.41) is 12.0. The molecule has 1 N–H and O–H groups in total. The number of halogens is 1. The number of hydrogen-bond acceptors (Lipinski definition) is 4. The zero-order chi connectivity index (χ0) is 17.8. The minimum atomic E-state index is -0.488. The van der Waals surface area contributed by atoms with Crippen LogP contribution in [0.5, 0.6) is 5.75 Å². The summed E-state index contributed by atoms with van der Waals surface area (Å²) in [6.45, 7) is 0. The lowest BCUT2D eigenvalue weighted by Crippen LogP contribution is -2.13. The number of ether oxygens (including phenoxy) is 1. The fourth-order valence-corrected chi connectivity index (χ4v) is 2.59. The van der Waals surface area contributed by atoms with Crippen LogP contribution in [0, 0.1) is 11.3 Å². The van der Waals surface area contributed by atoms with E-state index < -0.39 is 5.91 Å². The molecule has 1 amide bonds. The van der Waals surface area contributed by atoms with Gasteiger partial charge in [0.05, 0.1) is 19.0 Å². The van der Waals surface area contributed by atoms with E-state index in [1.807, 2.05) is 24.4 Å². The SMILES string of the molecule is COc1ccc(NC(=O)C(C#N)=Cc2cnc3ccc(Br)cn23)cc1. The average molecular weight is 397 g/mol. The summed E-state index contributed by atoms with van der Waals surface area (Å²) >= 11 is 3.40. The molecule has 1 aromatic carbocycles. The quantitative estimate of drug-likeness (QED) is 0.539. The van der Waals surface area contributed by atoms with E-state index in [0.717, 1.165) is 10.1 Å². The largest absolute Gasteiger partial charge is 0.497 e. The summed E-state index contributed by atoms with van der Waals surface area (Å²) in [5.74, 6) is 0.197. The van der Waals surface area contributed by atoms with E-state index in [1.54, 1.807) is 42.0 Å². The van der Waals surface area contributed by atoms with Crippen LogP contribution in [0.1, 0.15) is 5.69 Å². The van der Waals surface area contributed by atoms with Gasteiger partial charge in [0.1, 0.15) is 23.0 Å². The molecule has 25 heavy (non-hydrogen) atoms. The minimum Gasteiger partial charge on any atom is -0.497 e.